The Morgan fingerprint density at radius 2 is 1.86 bits per heavy atom. The third-order valence-corrected chi connectivity index (χ3v) is 4.26. The molecule has 2 atom stereocenters. The predicted molar refractivity (Wildman–Crippen MR) is 86.6 cm³/mol. The van der Waals surface area contributed by atoms with Gasteiger partial charge in [-0.3, -0.25) is 5.32 Å². The van der Waals surface area contributed by atoms with Crippen LogP contribution in [0.1, 0.15) is 49.5 Å². The Kier molecular flexibility index (Phi) is 3.50. The van der Waals surface area contributed by atoms with Gasteiger partial charge in [0.15, 0.2) is 0 Å². The second-order valence-electron chi connectivity index (χ2n) is 6.48. The summed E-state index contributed by atoms with van der Waals surface area (Å²) in [6.45, 7) is 8.64. The summed E-state index contributed by atoms with van der Waals surface area (Å²) in [5, 5.41) is 3.74. The van der Waals surface area contributed by atoms with Crippen molar-refractivity contribution in [3.05, 3.63) is 65.2 Å². The number of hydrogen-bond acceptors (Lipinski definition) is 2. The van der Waals surface area contributed by atoms with Crippen LogP contribution in [0.3, 0.4) is 0 Å². The van der Waals surface area contributed by atoms with Gasteiger partial charge in [-0.2, -0.15) is 0 Å². The Hall–Kier alpha value is -1.80. The molecule has 2 heteroatoms. The Morgan fingerprint density at radius 3 is 2.62 bits per heavy atom. The summed E-state index contributed by atoms with van der Waals surface area (Å²) in [6.07, 6.45) is 0. The molecule has 1 heterocycles. The molecule has 0 radical (unpaired) electrons. The smallest absolute Gasteiger partial charge is 0.125 e. The van der Waals surface area contributed by atoms with Crippen molar-refractivity contribution in [1.82, 2.24) is 5.32 Å². The first-order chi connectivity index (χ1) is 9.97. The fourth-order valence-corrected chi connectivity index (χ4v) is 3.10. The molecule has 1 aliphatic rings. The standard InChI is InChI=1S/C19H23NO/c1-13-8-7-9-15(12-13)14(2)20-18-16-10-5-6-11-17(16)21-19(18,3)4/h5-12,14,18,20H,1-4H3/t14-,18?/m0/s1. The average Bonchev–Trinajstić information content (AvgIpc) is 2.69. The lowest BCUT2D eigenvalue weighted by atomic mass is 9.93. The molecule has 21 heavy (non-hydrogen) atoms. The highest BCUT2D eigenvalue weighted by atomic mass is 16.5. The van der Waals surface area contributed by atoms with Gasteiger partial charge in [-0.25, -0.2) is 0 Å². The minimum absolute atomic E-state index is 0.198. The molecule has 0 fully saturated rings. The average molecular weight is 281 g/mol. The molecule has 0 saturated heterocycles. The van der Waals surface area contributed by atoms with Gasteiger partial charge in [-0.1, -0.05) is 48.0 Å². The highest BCUT2D eigenvalue weighted by Crippen LogP contribution is 2.43. The number of ether oxygens (including phenoxy) is 1. The first-order valence-corrected chi connectivity index (χ1v) is 7.58. The molecule has 2 aromatic rings. The van der Waals surface area contributed by atoms with E-state index in [0.717, 1.165) is 5.75 Å². The lowest BCUT2D eigenvalue weighted by molar-refractivity contribution is 0.0919. The first-order valence-electron chi connectivity index (χ1n) is 7.58. The third-order valence-electron chi connectivity index (χ3n) is 4.26. The van der Waals surface area contributed by atoms with Crippen LogP contribution in [-0.2, 0) is 0 Å². The molecule has 1 N–H and O–H groups in total. The van der Waals surface area contributed by atoms with Crippen molar-refractivity contribution in [2.45, 2.75) is 45.4 Å². The van der Waals surface area contributed by atoms with Crippen LogP contribution in [0, 0.1) is 6.92 Å². The van der Waals surface area contributed by atoms with E-state index in [0.29, 0.717) is 0 Å². The topological polar surface area (TPSA) is 21.3 Å². The zero-order valence-corrected chi connectivity index (χ0v) is 13.2. The molecule has 3 rings (SSSR count). The van der Waals surface area contributed by atoms with Crippen molar-refractivity contribution >= 4 is 0 Å². The van der Waals surface area contributed by atoms with E-state index >= 15 is 0 Å². The monoisotopic (exact) mass is 281 g/mol. The van der Waals surface area contributed by atoms with Gasteiger partial charge < -0.3 is 4.74 Å². The molecule has 2 nitrogen and oxygen atoms in total. The molecule has 0 aromatic heterocycles. The third kappa shape index (κ3) is 2.68. The molecule has 0 aliphatic carbocycles. The summed E-state index contributed by atoms with van der Waals surface area (Å²) < 4.78 is 6.10. The highest BCUT2D eigenvalue weighted by Gasteiger charge is 2.41. The number of nitrogens with one attached hydrogen (secondary N) is 1. The summed E-state index contributed by atoms with van der Waals surface area (Å²) >= 11 is 0. The van der Waals surface area contributed by atoms with E-state index in [-0.39, 0.29) is 17.7 Å². The quantitative estimate of drug-likeness (QED) is 0.890. The second-order valence-corrected chi connectivity index (χ2v) is 6.48. The maximum atomic E-state index is 6.10. The molecule has 1 aliphatic heterocycles. The van der Waals surface area contributed by atoms with Crippen molar-refractivity contribution in [2.24, 2.45) is 0 Å². The molecular formula is C19H23NO. The van der Waals surface area contributed by atoms with E-state index in [2.05, 4.69) is 75.5 Å². The Morgan fingerprint density at radius 1 is 1.10 bits per heavy atom. The SMILES string of the molecule is Cc1cccc([C@H](C)NC2c3ccccc3OC2(C)C)c1. The van der Waals surface area contributed by atoms with Gasteiger partial charge in [0.1, 0.15) is 11.4 Å². The number of hydrogen-bond donors (Lipinski definition) is 1. The molecule has 1 unspecified atom stereocenters. The van der Waals surface area contributed by atoms with Crippen molar-refractivity contribution in [3.8, 4) is 5.75 Å². The van der Waals surface area contributed by atoms with Gasteiger partial charge in [0, 0.05) is 11.6 Å². The Bertz CT molecular complexity index is 648. The largest absolute Gasteiger partial charge is 0.486 e. The van der Waals surface area contributed by atoms with Gasteiger partial charge in [0.25, 0.3) is 0 Å². The van der Waals surface area contributed by atoms with E-state index in [1.54, 1.807) is 0 Å². The Labute approximate surface area is 127 Å². The van der Waals surface area contributed by atoms with Crippen molar-refractivity contribution in [2.75, 3.05) is 0 Å². The van der Waals surface area contributed by atoms with Gasteiger partial charge in [-0.05, 0) is 39.3 Å². The summed E-state index contributed by atoms with van der Waals surface area (Å²) in [5.74, 6) is 0.997. The number of para-hydroxylation sites is 1. The minimum Gasteiger partial charge on any atom is -0.486 e. The Balaban J connectivity index is 1.87. The van der Waals surface area contributed by atoms with E-state index in [9.17, 15) is 0 Å². The summed E-state index contributed by atoms with van der Waals surface area (Å²) in [4.78, 5) is 0. The van der Waals surface area contributed by atoms with Gasteiger partial charge >= 0.3 is 0 Å². The number of aryl methyl sites for hydroxylation is 1. The molecule has 0 bridgehead atoms. The zero-order valence-electron chi connectivity index (χ0n) is 13.2. The van der Waals surface area contributed by atoms with Crippen LogP contribution >= 0.6 is 0 Å². The lowest BCUT2D eigenvalue weighted by Gasteiger charge is -2.30. The van der Waals surface area contributed by atoms with Gasteiger partial charge in [0.05, 0.1) is 6.04 Å². The molecule has 110 valence electrons. The molecule has 2 aromatic carbocycles. The van der Waals surface area contributed by atoms with Crippen molar-refractivity contribution in [1.29, 1.82) is 0 Å². The van der Waals surface area contributed by atoms with Crippen LogP contribution in [0.2, 0.25) is 0 Å². The van der Waals surface area contributed by atoms with Gasteiger partial charge in [0.2, 0.25) is 0 Å². The number of benzene rings is 2. The molecular weight excluding hydrogens is 258 g/mol. The maximum Gasteiger partial charge on any atom is 0.125 e. The van der Waals surface area contributed by atoms with Crippen LogP contribution in [0.4, 0.5) is 0 Å². The van der Waals surface area contributed by atoms with Crippen LogP contribution in [0.15, 0.2) is 48.5 Å². The summed E-state index contributed by atoms with van der Waals surface area (Å²) in [7, 11) is 0. The maximum absolute atomic E-state index is 6.10. The van der Waals surface area contributed by atoms with Crippen molar-refractivity contribution in [3.63, 3.8) is 0 Å². The fraction of sp³-hybridized carbons (Fsp3) is 0.368. The van der Waals surface area contributed by atoms with Crippen LogP contribution in [0.5, 0.6) is 5.75 Å². The number of fused-ring (bicyclic) bond motifs is 1. The summed E-state index contributed by atoms with van der Waals surface area (Å²) in [5.41, 5.74) is 3.63. The second kappa shape index (κ2) is 5.19. The predicted octanol–water partition coefficient (Wildman–Crippen LogP) is 4.56. The molecule has 0 amide bonds. The summed E-state index contributed by atoms with van der Waals surface area (Å²) in [6, 6.07) is 17.5. The lowest BCUT2D eigenvalue weighted by Crippen LogP contribution is -2.40. The van der Waals surface area contributed by atoms with Gasteiger partial charge in [-0.15, -0.1) is 0 Å². The van der Waals surface area contributed by atoms with E-state index in [4.69, 9.17) is 4.74 Å². The molecule has 0 saturated carbocycles. The fourth-order valence-electron chi connectivity index (χ4n) is 3.10. The normalized spacial score (nSPS) is 20.7. The van der Waals surface area contributed by atoms with Crippen LogP contribution in [0.25, 0.3) is 0 Å². The van der Waals surface area contributed by atoms with Crippen LogP contribution < -0.4 is 10.1 Å². The zero-order chi connectivity index (χ0) is 15.0. The van der Waals surface area contributed by atoms with E-state index in [1.165, 1.54) is 16.7 Å². The molecule has 0 spiro atoms. The first kappa shape index (κ1) is 14.2. The highest BCUT2D eigenvalue weighted by molar-refractivity contribution is 5.42. The van der Waals surface area contributed by atoms with Crippen LogP contribution in [-0.4, -0.2) is 5.60 Å². The minimum atomic E-state index is -0.234. The number of rotatable bonds is 3. The van der Waals surface area contributed by atoms with Crippen molar-refractivity contribution < 1.29 is 4.74 Å². The van der Waals surface area contributed by atoms with E-state index < -0.39 is 0 Å². The van der Waals surface area contributed by atoms with E-state index in [1.807, 2.05) is 6.07 Å².